The van der Waals surface area contributed by atoms with Crippen LogP contribution in [0, 0.1) is 0 Å². The van der Waals surface area contributed by atoms with Crippen LogP contribution in [0.25, 0.3) is 0 Å². The summed E-state index contributed by atoms with van der Waals surface area (Å²) in [5.41, 5.74) is 0. The smallest absolute Gasteiger partial charge is 0.300 e. The molecule has 11 heteroatoms. The molecule has 4 N–H and O–H groups in total. The summed E-state index contributed by atoms with van der Waals surface area (Å²) in [6.07, 6.45) is 0. The third-order valence-electron chi connectivity index (χ3n) is 0. The monoisotopic (exact) mass is 417 g/mol. The number of rotatable bonds is 0. The molecule has 0 aromatic carbocycles. The van der Waals surface area contributed by atoms with Crippen molar-refractivity contribution in [2.45, 2.75) is 27.7 Å². The predicted octanol–water partition coefficient (Wildman–Crippen LogP) is 0.356. The molecule has 123 valence electrons. The molecule has 0 saturated heterocycles. The van der Waals surface area contributed by atoms with Gasteiger partial charge < -0.3 is 20.4 Å². The van der Waals surface area contributed by atoms with Gasteiger partial charge in [-0.3, -0.25) is 19.2 Å². The molecular formula is C8H16Co3O8. The Labute approximate surface area is 141 Å². The average Bonchev–Trinajstić information content (AvgIpc) is 1.76. The average molecular weight is 417 g/mol. The van der Waals surface area contributed by atoms with Crippen LogP contribution in [0.2, 0.25) is 0 Å². The van der Waals surface area contributed by atoms with Gasteiger partial charge >= 0.3 is 0 Å². The predicted molar refractivity (Wildman–Crippen MR) is 53.2 cm³/mol. The van der Waals surface area contributed by atoms with E-state index in [0.29, 0.717) is 0 Å². The molecule has 0 rings (SSSR count). The molecule has 0 fully saturated rings. The van der Waals surface area contributed by atoms with Gasteiger partial charge in [0.25, 0.3) is 23.9 Å². The maximum absolute atomic E-state index is 9.00. The number of carbonyl (C=O) groups is 4. The van der Waals surface area contributed by atoms with E-state index < -0.39 is 23.9 Å². The zero-order valence-corrected chi connectivity index (χ0v) is 13.5. The first-order chi connectivity index (χ1) is 6.93. The second-order valence-corrected chi connectivity index (χ2v) is 2.08. The van der Waals surface area contributed by atoms with E-state index in [1.54, 1.807) is 0 Å². The van der Waals surface area contributed by atoms with Crippen molar-refractivity contribution in [1.29, 1.82) is 0 Å². The molecule has 0 unspecified atom stereocenters. The maximum Gasteiger partial charge on any atom is 0.300 e. The first-order valence-corrected chi connectivity index (χ1v) is 3.71. The van der Waals surface area contributed by atoms with Crippen LogP contribution in [0.1, 0.15) is 27.7 Å². The Kier molecular flexibility index (Phi) is 81.2. The maximum atomic E-state index is 9.00. The van der Waals surface area contributed by atoms with Gasteiger partial charge in [0.2, 0.25) is 0 Å². The minimum atomic E-state index is -0.833. The minimum Gasteiger partial charge on any atom is -0.481 e. The van der Waals surface area contributed by atoms with Gasteiger partial charge in [0.15, 0.2) is 0 Å². The van der Waals surface area contributed by atoms with Gasteiger partial charge in [-0.05, 0) is 0 Å². The van der Waals surface area contributed by atoms with E-state index in [4.69, 9.17) is 39.6 Å². The van der Waals surface area contributed by atoms with Crippen LogP contribution in [-0.4, -0.2) is 44.3 Å². The van der Waals surface area contributed by atoms with Gasteiger partial charge in [-0.15, -0.1) is 0 Å². The molecule has 0 aromatic rings. The van der Waals surface area contributed by atoms with Crippen LogP contribution in [-0.2, 0) is 69.5 Å². The number of carboxylic acid groups (broad SMARTS) is 4. The SMILES string of the molecule is CC(=O)O.CC(=O)O.CC(=O)O.CC(=O)O.[Co].[Co].[Co]. The van der Waals surface area contributed by atoms with E-state index in [9.17, 15) is 0 Å². The standard InChI is InChI=1S/4C2H4O2.3Co/c4*1-2(3)4;;;/h4*1H3,(H,3,4);;;. The Bertz CT molecular complexity index is 168. The fourth-order valence-corrected chi connectivity index (χ4v) is 0. The Morgan fingerprint density at radius 1 is 0.474 bits per heavy atom. The van der Waals surface area contributed by atoms with Gasteiger partial charge in [0, 0.05) is 78.0 Å². The number of carboxylic acids is 4. The molecular weight excluding hydrogens is 401 g/mol. The van der Waals surface area contributed by atoms with E-state index in [0.717, 1.165) is 27.7 Å². The van der Waals surface area contributed by atoms with Crippen molar-refractivity contribution in [2.24, 2.45) is 0 Å². The first kappa shape index (κ1) is 42.9. The van der Waals surface area contributed by atoms with Crippen LogP contribution in [0.4, 0.5) is 0 Å². The fraction of sp³-hybridized carbons (Fsp3) is 0.500. The first-order valence-electron chi connectivity index (χ1n) is 3.71. The van der Waals surface area contributed by atoms with Gasteiger partial charge in [-0.25, -0.2) is 0 Å². The van der Waals surface area contributed by atoms with E-state index >= 15 is 0 Å². The molecule has 19 heavy (non-hydrogen) atoms. The van der Waals surface area contributed by atoms with Gasteiger partial charge in [-0.2, -0.15) is 0 Å². The Morgan fingerprint density at radius 3 is 0.474 bits per heavy atom. The summed E-state index contributed by atoms with van der Waals surface area (Å²) in [5, 5.41) is 29.7. The topological polar surface area (TPSA) is 149 Å². The van der Waals surface area contributed by atoms with Crippen molar-refractivity contribution in [3.63, 3.8) is 0 Å². The number of hydrogen-bond donors (Lipinski definition) is 4. The van der Waals surface area contributed by atoms with Gasteiger partial charge in [0.1, 0.15) is 0 Å². The summed E-state index contributed by atoms with van der Waals surface area (Å²) in [4.78, 5) is 36.0. The van der Waals surface area contributed by atoms with Crippen LogP contribution in [0.5, 0.6) is 0 Å². The van der Waals surface area contributed by atoms with Crippen molar-refractivity contribution in [1.82, 2.24) is 0 Å². The minimum absolute atomic E-state index is 0. The van der Waals surface area contributed by atoms with E-state index in [1.807, 2.05) is 0 Å². The molecule has 0 bridgehead atoms. The van der Waals surface area contributed by atoms with Crippen molar-refractivity contribution < 1.29 is 89.9 Å². The van der Waals surface area contributed by atoms with E-state index in [1.165, 1.54) is 0 Å². The largest absolute Gasteiger partial charge is 0.481 e. The van der Waals surface area contributed by atoms with E-state index in [-0.39, 0.29) is 50.3 Å². The fourth-order valence-electron chi connectivity index (χ4n) is 0. The summed E-state index contributed by atoms with van der Waals surface area (Å²) in [7, 11) is 0. The molecule has 0 heterocycles. The second-order valence-electron chi connectivity index (χ2n) is 2.08. The van der Waals surface area contributed by atoms with Crippen LogP contribution >= 0.6 is 0 Å². The molecule has 0 aromatic heterocycles. The van der Waals surface area contributed by atoms with Gasteiger partial charge in [0.05, 0.1) is 0 Å². The van der Waals surface area contributed by atoms with Crippen LogP contribution < -0.4 is 0 Å². The normalized spacial score (nSPS) is 5.26. The summed E-state index contributed by atoms with van der Waals surface area (Å²) >= 11 is 0. The Hall–Kier alpha value is -0.601. The van der Waals surface area contributed by atoms with Crippen molar-refractivity contribution in [3.8, 4) is 0 Å². The van der Waals surface area contributed by atoms with Crippen LogP contribution in [0.15, 0.2) is 0 Å². The van der Waals surface area contributed by atoms with Gasteiger partial charge in [-0.1, -0.05) is 0 Å². The van der Waals surface area contributed by atoms with Crippen molar-refractivity contribution in [3.05, 3.63) is 0 Å². The van der Waals surface area contributed by atoms with E-state index in [2.05, 4.69) is 0 Å². The van der Waals surface area contributed by atoms with Crippen molar-refractivity contribution >= 4 is 23.9 Å². The zero-order chi connectivity index (χ0) is 14.3. The summed E-state index contributed by atoms with van der Waals surface area (Å²) in [5.74, 6) is -3.33. The molecule has 0 amide bonds. The summed E-state index contributed by atoms with van der Waals surface area (Å²) < 4.78 is 0. The third kappa shape index (κ3) is 11400. The molecule has 0 atom stereocenters. The number of hydrogen-bond acceptors (Lipinski definition) is 4. The summed E-state index contributed by atoms with van der Waals surface area (Å²) in [6.45, 7) is 4.33. The molecule has 0 aliphatic heterocycles. The molecule has 3 radical (unpaired) electrons. The second kappa shape index (κ2) is 36.0. The number of aliphatic carboxylic acids is 4. The Morgan fingerprint density at radius 2 is 0.474 bits per heavy atom. The molecule has 0 aliphatic carbocycles. The molecule has 0 saturated carbocycles. The Balaban J connectivity index is -0.0000000192. The molecule has 0 aliphatic rings. The molecule has 8 nitrogen and oxygen atoms in total. The third-order valence-corrected chi connectivity index (χ3v) is 0. The van der Waals surface area contributed by atoms with Crippen molar-refractivity contribution in [2.75, 3.05) is 0 Å². The quantitative estimate of drug-likeness (QED) is 0.442. The zero-order valence-electron chi connectivity index (χ0n) is 10.4. The van der Waals surface area contributed by atoms with Crippen LogP contribution in [0.3, 0.4) is 0 Å². The summed E-state index contributed by atoms with van der Waals surface area (Å²) in [6, 6.07) is 0. The molecule has 0 spiro atoms.